The molecule has 0 amide bonds. The summed E-state index contributed by atoms with van der Waals surface area (Å²) in [5.74, 6) is 0.662. The number of hydrogen-bond donors (Lipinski definition) is 0. The van der Waals surface area contributed by atoms with Crippen molar-refractivity contribution < 1.29 is 19.0 Å². The Morgan fingerprint density at radius 2 is 1.74 bits per heavy atom. The van der Waals surface area contributed by atoms with E-state index in [4.69, 9.17) is 25.8 Å². The number of aryl methyl sites for hydroxylation is 1. The van der Waals surface area contributed by atoms with E-state index in [1.165, 1.54) is 7.11 Å². The number of carbonyl (C=O) groups is 1. The highest BCUT2D eigenvalue weighted by Gasteiger charge is 2.12. The lowest BCUT2D eigenvalue weighted by molar-refractivity contribution is -0.136. The Labute approximate surface area is 186 Å². The number of carbonyl (C=O) groups excluding carboxylic acids is 1. The normalized spacial score (nSPS) is 10.8. The van der Waals surface area contributed by atoms with Gasteiger partial charge in [-0.05, 0) is 60.5 Å². The number of rotatable bonds is 7. The zero-order valence-electron chi connectivity index (χ0n) is 17.1. The van der Waals surface area contributed by atoms with Crippen molar-refractivity contribution in [3.8, 4) is 23.3 Å². The van der Waals surface area contributed by atoms with Crippen LogP contribution in [0, 0.1) is 18.3 Å². The molecule has 0 unspecified atom stereocenters. The van der Waals surface area contributed by atoms with Gasteiger partial charge in [0.2, 0.25) is 0 Å². The van der Waals surface area contributed by atoms with Gasteiger partial charge < -0.3 is 14.2 Å². The van der Waals surface area contributed by atoms with Crippen LogP contribution in [-0.2, 0) is 4.79 Å². The van der Waals surface area contributed by atoms with Gasteiger partial charge >= 0.3 is 5.97 Å². The van der Waals surface area contributed by atoms with Crippen LogP contribution in [0.5, 0.6) is 17.2 Å². The van der Waals surface area contributed by atoms with Crippen LogP contribution in [0.2, 0.25) is 5.02 Å². The third kappa shape index (κ3) is 6.11. The van der Waals surface area contributed by atoms with E-state index in [9.17, 15) is 10.1 Å². The zero-order chi connectivity index (χ0) is 22.2. The van der Waals surface area contributed by atoms with Crippen molar-refractivity contribution in [2.75, 3.05) is 13.7 Å². The summed E-state index contributed by atoms with van der Waals surface area (Å²) in [5.41, 5.74) is 3.04. The van der Waals surface area contributed by atoms with E-state index in [1.807, 2.05) is 19.1 Å². The van der Waals surface area contributed by atoms with Gasteiger partial charge in [-0.25, -0.2) is 4.79 Å². The summed E-state index contributed by atoms with van der Waals surface area (Å²) in [6.45, 7) is 1.74. The molecule has 0 aromatic heterocycles. The molecule has 3 aromatic rings. The molecule has 0 aliphatic carbocycles. The second kappa shape index (κ2) is 10.3. The predicted molar refractivity (Wildman–Crippen MR) is 120 cm³/mol. The van der Waals surface area contributed by atoms with E-state index >= 15 is 0 Å². The summed E-state index contributed by atoms with van der Waals surface area (Å²) >= 11 is 5.91. The SMILES string of the molecule is COc1cc(/C=C(/C#N)c2ccc(Cl)cc2)ccc1OC(=O)COc1ccc(C)cc1. The first-order valence-electron chi connectivity index (χ1n) is 9.44. The van der Waals surface area contributed by atoms with E-state index in [1.54, 1.807) is 60.7 Å². The first-order valence-corrected chi connectivity index (χ1v) is 9.82. The van der Waals surface area contributed by atoms with Gasteiger partial charge in [0.25, 0.3) is 0 Å². The highest BCUT2D eigenvalue weighted by atomic mass is 35.5. The van der Waals surface area contributed by atoms with Crippen LogP contribution in [0.25, 0.3) is 11.6 Å². The topological polar surface area (TPSA) is 68.5 Å². The second-order valence-corrected chi connectivity index (χ2v) is 7.10. The average molecular weight is 434 g/mol. The lowest BCUT2D eigenvalue weighted by atomic mass is 10.0. The van der Waals surface area contributed by atoms with E-state index in [-0.39, 0.29) is 12.4 Å². The minimum atomic E-state index is -0.555. The molecule has 0 radical (unpaired) electrons. The van der Waals surface area contributed by atoms with Crippen molar-refractivity contribution >= 4 is 29.2 Å². The van der Waals surface area contributed by atoms with Gasteiger partial charge in [-0.1, -0.05) is 47.5 Å². The van der Waals surface area contributed by atoms with Crippen LogP contribution in [0.1, 0.15) is 16.7 Å². The smallest absolute Gasteiger partial charge is 0.349 e. The second-order valence-electron chi connectivity index (χ2n) is 6.66. The van der Waals surface area contributed by atoms with E-state index in [0.29, 0.717) is 22.1 Å². The first-order chi connectivity index (χ1) is 15.0. The Morgan fingerprint density at radius 3 is 2.39 bits per heavy atom. The predicted octanol–water partition coefficient (Wildman–Crippen LogP) is 5.71. The van der Waals surface area contributed by atoms with Crippen LogP contribution in [0.4, 0.5) is 0 Å². The molecule has 0 heterocycles. The summed E-state index contributed by atoms with van der Waals surface area (Å²) in [7, 11) is 1.48. The lowest BCUT2D eigenvalue weighted by Crippen LogP contribution is -2.18. The molecule has 3 aromatic carbocycles. The maximum atomic E-state index is 12.2. The molecule has 0 spiro atoms. The third-order valence-electron chi connectivity index (χ3n) is 4.38. The maximum Gasteiger partial charge on any atom is 0.349 e. The number of benzene rings is 3. The Hall–Kier alpha value is -3.75. The van der Waals surface area contributed by atoms with Crippen molar-refractivity contribution in [1.29, 1.82) is 5.26 Å². The molecule has 0 aliphatic heterocycles. The molecule has 0 bridgehead atoms. The number of nitrogens with zero attached hydrogens (tertiary/aromatic N) is 1. The van der Waals surface area contributed by atoms with Crippen molar-refractivity contribution in [3.05, 3.63) is 88.4 Å². The Balaban J connectivity index is 1.71. The van der Waals surface area contributed by atoms with Gasteiger partial charge in [-0.3, -0.25) is 0 Å². The van der Waals surface area contributed by atoms with Gasteiger partial charge in [0.1, 0.15) is 5.75 Å². The van der Waals surface area contributed by atoms with Gasteiger partial charge in [-0.15, -0.1) is 0 Å². The fraction of sp³-hybridized carbons (Fsp3) is 0.120. The average Bonchev–Trinajstić information content (AvgIpc) is 2.78. The van der Waals surface area contributed by atoms with Crippen molar-refractivity contribution in [3.63, 3.8) is 0 Å². The summed E-state index contributed by atoms with van der Waals surface area (Å²) in [6.07, 6.45) is 1.72. The Bertz CT molecular complexity index is 1130. The number of allylic oxidation sites excluding steroid dienone is 1. The maximum absolute atomic E-state index is 12.2. The molecule has 3 rings (SSSR count). The summed E-state index contributed by atoms with van der Waals surface area (Å²) in [6, 6.07) is 21.6. The quantitative estimate of drug-likeness (QED) is 0.207. The first kappa shape index (κ1) is 21.9. The molecule has 0 atom stereocenters. The van der Waals surface area contributed by atoms with Crippen LogP contribution in [0.15, 0.2) is 66.7 Å². The van der Waals surface area contributed by atoms with Crippen LogP contribution in [0.3, 0.4) is 0 Å². The number of halogens is 1. The van der Waals surface area contributed by atoms with Gasteiger partial charge in [0, 0.05) is 5.02 Å². The third-order valence-corrected chi connectivity index (χ3v) is 4.63. The molecule has 6 heteroatoms. The highest BCUT2D eigenvalue weighted by molar-refractivity contribution is 6.30. The molecule has 0 saturated heterocycles. The summed E-state index contributed by atoms with van der Waals surface area (Å²) in [4.78, 5) is 12.2. The molecule has 0 aliphatic rings. The number of esters is 1. The van der Waals surface area contributed by atoms with Gasteiger partial charge in [0.15, 0.2) is 18.1 Å². The minimum Gasteiger partial charge on any atom is -0.493 e. The van der Waals surface area contributed by atoms with Crippen LogP contribution < -0.4 is 14.2 Å². The van der Waals surface area contributed by atoms with Gasteiger partial charge in [-0.2, -0.15) is 5.26 Å². The lowest BCUT2D eigenvalue weighted by Gasteiger charge is -2.11. The van der Waals surface area contributed by atoms with Gasteiger partial charge in [0.05, 0.1) is 18.8 Å². The number of ether oxygens (including phenoxy) is 3. The van der Waals surface area contributed by atoms with Crippen molar-refractivity contribution in [2.24, 2.45) is 0 Å². The van der Waals surface area contributed by atoms with Crippen LogP contribution >= 0.6 is 11.6 Å². The molecular weight excluding hydrogens is 414 g/mol. The van der Waals surface area contributed by atoms with Crippen LogP contribution in [-0.4, -0.2) is 19.7 Å². The molecule has 156 valence electrons. The number of methoxy groups -OCH3 is 1. The number of nitriles is 1. The van der Waals surface area contributed by atoms with Crippen molar-refractivity contribution in [2.45, 2.75) is 6.92 Å². The fourth-order valence-electron chi connectivity index (χ4n) is 2.76. The molecule has 0 saturated carbocycles. The monoisotopic (exact) mass is 433 g/mol. The fourth-order valence-corrected chi connectivity index (χ4v) is 2.89. The Kier molecular flexibility index (Phi) is 7.31. The summed E-state index contributed by atoms with van der Waals surface area (Å²) < 4.78 is 16.2. The molecule has 5 nitrogen and oxygen atoms in total. The van der Waals surface area contributed by atoms with E-state index in [2.05, 4.69) is 6.07 Å². The molecule has 0 fully saturated rings. The number of hydrogen-bond acceptors (Lipinski definition) is 5. The molecular formula is C25H20ClNO4. The minimum absolute atomic E-state index is 0.233. The van der Waals surface area contributed by atoms with Crippen molar-refractivity contribution in [1.82, 2.24) is 0 Å². The molecule has 0 N–H and O–H groups in total. The summed E-state index contributed by atoms with van der Waals surface area (Å²) in [5, 5.41) is 10.1. The Morgan fingerprint density at radius 1 is 1.03 bits per heavy atom. The highest BCUT2D eigenvalue weighted by Crippen LogP contribution is 2.30. The standard InChI is InChI=1S/C25H20ClNO4/c1-17-3-10-22(11-4-17)30-16-25(28)31-23-12-5-18(14-24(23)29-2)13-20(15-27)19-6-8-21(26)9-7-19/h3-14H,16H2,1-2H3/b20-13-. The van der Waals surface area contributed by atoms with E-state index in [0.717, 1.165) is 16.7 Å². The largest absolute Gasteiger partial charge is 0.493 e. The molecule has 31 heavy (non-hydrogen) atoms. The zero-order valence-corrected chi connectivity index (χ0v) is 17.8. The van der Waals surface area contributed by atoms with E-state index < -0.39 is 5.97 Å².